The Balaban J connectivity index is 1.94. The molecule has 0 saturated heterocycles. The van der Waals surface area contributed by atoms with Crippen molar-refractivity contribution in [2.24, 2.45) is 0 Å². The summed E-state index contributed by atoms with van der Waals surface area (Å²) in [5.74, 6) is -1.58. The minimum Gasteiger partial charge on any atom is -0.452 e. The van der Waals surface area contributed by atoms with Crippen molar-refractivity contribution in [3.05, 3.63) is 64.2 Å². The van der Waals surface area contributed by atoms with Gasteiger partial charge in [-0.3, -0.25) is 4.79 Å². The summed E-state index contributed by atoms with van der Waals surface area (Å²) in [7, 11) is 0. The summed E-state index contributed by atoms with van der Waals surface area (Å²) in [6.45, 7) is 1.11. The van der Waals surface area contributed by atoms with Crippen LogP contribution in [0.5, 0.6) is 0 Å². The van der Waals surface area contributed by atoms with E-state index in [0.29, 0.717) is 17.2 Å². The topological polar surface area (TPSA) is 81.4 Å². The highest BCUT2D eigenvalue weighted by atomic mass is 35.5. The fourth-order valence-corrected chi connectivity index (χ4v) is 2.47. The van der Waals surface area contributed by atoms with E-state index in [1.54, 1.807) is 31.2 Å². The molecule has 0 heterocycles. The third kappa shape index (κ3) is 5.62. The fraction of sp³-hybridized carbons (Fsp3) is 0.222. The van der Waals surface area contributed by atoms with Gasteiger partial charge >= 0.3 is 12.1 Å². The van der Waals surface area contributed by atoms with Crippen LogP contribution in [-0.2, 0) is 15.7 Å². The molecule has 5 nitrogen and oxygen atoms in total. The van der Waals surface area contributed by atoms with E-state index >= 15 is 0 Å². The van der Waals surface area contributed by atoms with Crippen LogP contribution in [0.2, 0.25) is 5.02 Å². The van der Waals surface area contributed by atoms with Crippen molar-refractivity contribution < 1.29 is 27.5 Å². The van der Waals surface area contributed by atoms with Gasteiger partial charge in [-0.2, -0.15) is 13.2 Å². The van der Waals surface area contributed by atoms with Crippen molar-refractivity contribution in [1.29, 1.82) is 0 Å². The standard InChI is InChI=1S/C18H16ClF3N2O3/c1-10(11-3-2-4-13(19)7-11)24-16(25)9-27-17(26)14-6-5-12(8-15(14)23)18(20,21)22/h2-8,10H,9,23H2,1H3,(H,24,25)/t10-/m1/s1. The maximum absolute atomic E-state index is 12.6. The molecule has 2 aromatic carbocycles. The van der Waals surface area contributed by atoms with E-state index in [4.69, 9.17) is 22.1 Å². The summed E-state index contributed by atoms with van der Waals surface area (Å²) in [5, 5.41) is 3.13. The van der Waals surface area contributed by atoms with Gasteiger partial charge in [0, 0.05) is 10.7 Å². The molecule has 0 aliphatic rings. The second-order valence-corrected chi connectivity index (χ2v) is 6.16. The molecule has 0 fully saturated rings. The first kappa shape index (κ1) is 20.6. The highest BCUT2D eigenvalue weighted by Gasteiger charge is 2.31. The molecule has 0 saturated carbocycles. The van der Waals surface area contributed by atoms with Crippen molar-refractivity contribution in [2.75, 3.05) is 12.3 Å². The minimum absolute atomic E-state index is 0.251. The van der Waals surface area contributed by atoms with E-state index < -0.39 is 30.2 Å². The van der Waals surface area contributed by atoms with Gasteiger partial charge in [-0.1, -0.05) is 23.7 Å². The summed E-state index contributed by atoms with van der Waals surface area (Å²) >= 11 is 5.89. The van der Waals surface area contributed by atoms with E-state index in [-0.39, 0.29) is 17.3 Å². The molecule has 144 valence electrons. The smallest absolute Gasteiger partial charge is 0.416 e. The Morgan fingerprint density at radius 1 is 1.22 bits per heavy atom. The van der Waals surface area contributed by atoms with Gasteiger partial charge in [0.2, 0.25) is 0 Å². The molecule has 3 N–H and O–H groups in total. The minimum atomic E-state index is -4.58. The Kier molecular flexibility index (Phi) is 6.32. The van der Waals surface area contributed by atoms with Crippen LogP contribution in [0.3, 0.4) is 0 Å². The fourth-order valence-electron chi connectivity index (χ4n) is 2.28. The zero-order valence-electron chi connectivity index (χ0n) is 14.1. The summed E-state index contributed by atoms with van der Waals surface area (Å²) in [6, 6.07) is 8.75. The third-order valence-corrected chi connectivity index (χ3v) is 3.89. The maximum atomic E-state index is 12.6. The molecule has 1 atom stereocenters. The van der Waals surface area contributed by atoms with Crippen LogP contribution in [0.15, 0.2) is 42.5 Å². The molecule has 2 rings (SSSR count). The number of ether oxygens (including phenoxy) is 1. The van der Waals surface area contributed by atoms with Gasteiger partial charge in [0.25, 0.3) is 5.91 Å². The Bertz CT molecular complexity index is 856. The van der Waals surface area contributed by atoms with Gasteiger partial charge in [-0.05, 0) is 42.8 Å². The van der Waals surface area contributed by atoms with E-state index in [2.05, 4.69) is 5.32 Å². The Morgan fingerprint density at radius 2 is 1.93 bits per heavy atom. The number of alkyl halides is 3. The monoisotopic (exact) mass is 400 g/mol. The Hall–Kier alpha value is -2.74. The number of anilines is 1. The molecule has 1 amide bonds. The molecule has 0 bridgehead atoms. The first-order chi connectivity index (χ1) is 12.6. The van der Waals surface area contributed by atoms with Gasteiger partial charge in [0.15, 0.2) is 6.61 Å². The van der Waals surface area contributed by atoms with Crippen LogP contribution in [0.4, 0.5) is 18.9 Å². The van der Waals surface area contributed by atoms with E-state index in [1.807, 2.05) is 0 Å². The van der Waals surface area contributed by atoms with Crippen LogP contribution in [0, 0.1) is 0 Å². The molecule has 0 unspecified atom stereocenters. The largest absolute Gasteiger partial charge is 0.452 e. The number of rotatable bonds is 5. The second kappa shape index (κ2) is 8.30. The summed E-state index contributed by atoms with van der Waals surface area (Å²) < 4.78 is 42.6. The van der Waals surface area contributed by atoms with Crippen LogP contribution in [-0.4, -0.2) is 18.5 Å². The molecule has 0 aliphatic heterocycles. The molecule has 2 aromatic rings. The first-order valence-electron chi connectivity index (χ1n) is 7.76. The number of amides is 1. The quantitative estimate of drug-likeness (QED) is 0.587. The van der Waals surface area contributed by atoms with Gasteiger partial charge in [0.05, 0.1) is 17.2 Å². The lowest BCUT2D eigenvalue weighted by molar-refractivity contribution is -0.137. The maximum Gasteiger partial charge on any atom is 0.416 e. The number of benzene rings is 2. The van der Waals surface area contributed by atoms with Crippen LogP contribution < -0.4 is 11.1 Å². The molecular weight excluding hydrogens is 385 g/mol. The van der Waals surface area contributed by atoms with Crippen molar-refractivity contribution in [3.63, 3.8) is 0 Å². The average Bonchev–Trinajstić information content (AvgIpc) is 2.58. The van der Waals surface area contributed by atoms with Gasteiger partial charge in [0.1, 0.15) is 0 Å². The molecular formula is C18H16ClF3N2O3. The van der Waals surface area contributed by atoms with Crippen LogP contribution >= 0.6 is 11.6 Å². The molecule has 0 radical (unpaired) electrons. The molecule has 27 heavy (non-hydrogen) atoms. The number of hydrogen-bond acceptors (Lipinski definition) is 4. The van der Waals surface area contributed by atoms with Crippen LogP contribution in [0.1, 0.15) is 34.5 Å². The highest BCUT2D eigenvalue weighted by Crippen LogP contribution is 2.31. The lowest BCUT2D eigenvalue weighted by atomic mass is 10.1. The first-order valence-corrected chi connectivity index (χ1v) is 8.14. The van der Waals surface area contributed by atoms with Crippen LogP contribution in [0.25, 0.3) is 0 Å². The SMILES string of the molecule is C[C@@H](NC(=O)COC(=O)c1ccc(C(F)(F)F)cc1N)c1cccc(Cl)c1. The number of nitrogens with two attached hydrogens (primary N) is 1. The van der Waals surface area contributed by atoms with Crippen molar-refractivity contribution >= 4 is 29.2 Å². The van der Waals surface area contributed by atoms with Gasteiger partial charge in [-0.15, -0.1) is 0 Å². The zero-order valence-corrected chi connectivity index (χ0v) is 14.9. The van der Waals surface area contributed by atoms with Crippen molar-refractivity contribution in [2.45, 2.75) is 19.1 Å². The molecule has 9 heteroatoms. The molecule has 0 spiro atoms. The lowest BCUT2D eigenvalue weighted by Gasteiger charge is -2.15. The zero-order chi connectivity index (χ0) is 20.2. The lowest BCUT2D eigenvalue weighted by Crippen LogP contribution is -2.31. The van der Waals surface area contributed by atoms with Gasteiger partial charge < -0.3 is 15.8 Å². The Labute approximate surface area is 158 Å². The second-order valence-electron chi connectivity index (χ2n) is 5.72. The normalized spacial score (nSPS) is 12.3. The van der Waals surface area contributed by atoms with E-state index in [1.165, 1.54) is 0 Å². The van der Waals surface area contributed by atoms with E-state index in [9.17, 15) is 22.8 Å². The summed E-state index contributed by atoms with van der Waals surface area (Å²) in [5.41, 5.74) is 4.62. The number of nitrogens with one attached hydrogen (secondary N) is 1. The number of carbonyl (C=O) groups excluding carboxylic acids is 2. The van der Waals surface area contributed by atoms with E-state index in [0.717, 1.165) is 11.6 Å². The number of carbonyl (C=O) groups is 2. The third-order valence-electron chi connectivity index (χ3n) is 3.66. The number of nitrogen functional groups attached to an aromatic ring is 1. The Morgan fingerprint density at radius 3 is 2.52 bits per heavy atom. The summed E-state index contributed by atoms with van der Waals surface area (Å²) in [6.07, 6.45) is -4.58. The number of hydrogen-bond donors (Lipinski definition) is 2. The van der Waals surface area contributed by atoms with Crippen molar-refractivity contribution in [1.82, 2.24) is 5.32 Å². The van der Waals surface area contributed by atoms with Crippen molar-refractivity contribution in [3.8, 4) is 0 Å². The molecule has 0 aliphatic carbocycles. The predicted octanol–water partition coefficient (Wildman–Crippen LogP) is 3.98. The highest BCUT2D eigenvalue weighted by molar-refractivity contribution is 6.30. The number of halogens is 4. The average molecular weight is 401 g/mol. The predicted molar refractivity (Wildman–Crippen MR) is 94.1 cm³/mol. The summed E-state index contributed by atoms with van der Waals surface area (Å²) in [4.78, 5) is 23.9. The van der Waals surface area contributed by atoms with Gasteiger partial charge in [-0.25, -0.2) is 4.79 Å². The molecule has 0 aromatic heterocycles. The number of esters is 1.